The minimum Gasteiger partial charge on any atom is -0.467 e. The smallest absolute Gasteiger partial charge is 0.129 e. The zero-order valence-corrected chi connectivity index (χ0v) is 8.78. The molecule has 2 heterocycles. The summed E-state index contributed by atoms with van der Waals surface area (Å²) in [4.78, 5) is 3.96. The topological polar surface area (TPSA) is 35.3 Å². The van der Waals surface area contributed by atoms with Crippen LogP contribution >= 0.6 is 11.6 Å². The van der Waals surface area contributed by atoms with E-state index in [1.165, 1.54) is 0 Å². The third-order valence-corrected chi connectivity index (χ3v) is 2.11. The van der Waals surface area contributed by atoms with Crippen LogP contribution in [0.2, 0.25) is 5.15 Å². The van der Waals surface area contributed by atoms with E-state index in [1.807, 2.05) is 18.2 Å². The Kier molecular flexibility index (Phi) is 3.37. The third-order valence-electron chi connectivity index (χ3n) is 1.88. The molecule has 2 aromatic rings. The third kappa shape index (κ3) is 3.08. The molecule has 0 N–H and O–H groups in total. The van der Waals surface area contributed by atoms with Gasteiger partial charge in [0.05, 0.1) is 12.9 Å². The van der Waals surface area contributed by atoms with Gasteiger partial charge in [-0.3, -0.25) is 0 Å². The number of rotatable bonds is 4. The summed E-state index contributed by atoms with van der Waals surface area (Å²) in [6.45, 7) is 0.973. The molecule has 15 heavy (non-hydrogen) atoms. The van der Waals surface area contributed by atoms with Crippen molar-refractivity contribution in [3.8, 4) is 0 Å². The van der Waals surface area contributed by atoms with Gasteiger partial charge in [-0.05, 0) is 23.8 Å². The average Bonchev–Trinajstić information content (AvgIpc) is 2.74. The molecule has 2 aromatic heterocycles. The number of ether oxygens (including phenoxy) is 1. The maximum Gasteiger partial charge on any atom is 0.129 e. The minimum atomic E-state index is 0.468. The van der Waals surface area contributed by atoms with E-state index in [0.717, 1.165) is 11.3 Å². The monoisotopic (exact) mass is 223 g/mol. The van der Waals surface area contributed by atoms with Gasteiger partial charge in [-0.1, -0.05) is 17.7 Å². The summed E-state index contributed by atoms with van der Waals surface area (Å²) in [6, 6.07) is 7.34. The van der Waals surface area contributed by atoms with Crippen LogP contribution in [-0.4, -0.2) is 4.98 Å². The SMILES string of the molecule is Clc1ccc(COCc2ccco2)cn1. The van der Waals surface area contributed by atoms with Gasteiger partial charge in [0.15, 0.2) is 0 Å². The van der Waals surface area contributed by atoms with Gasteiger partial charge >= 0.3 is 0 Å². The van der Waals surface area contributed by atoms with Crippen LogP contribution in [0.1, 0.15) is 11.3 Å². The molecule has 0 unspecified atom stereocenters. The standard InChI is InChI=1S/C11H10ClNO2/c12-11-4-3-9(6-13-11)7-14-8-10-2-1-5-15-10/h1-6H,7-8H2. The van der Waals surface area contributed by atoms with Crippen LogP contribution in [0, 0.1) is 0 Å². The number of furan rings is 1. The van der Waals surface area contributed by atoms with Crippen molar-refractivity contribution < 1.29 is 9.15 Å². The molecular formula is C11H10ClNO2. The molecule has 0 spiro atoms. The molecule has 0 fully saturated rings. The summed E-state index contributed by atoms with van der Waals surface area (Å²) >= 11 is 5.66. The highest BCUT2D eigenvalue weighted by atomic mass is 35.5. The first-order chi connectivity index (χ1) is 7.34. The molecule has 3 nitrogen and oxygen atoms in total. The van der Waals surface area contributed by atoms with E-state index in [2.05, 4.69) is 4.98 Å². The molecule has 0 amide bonds. The van der Waals surface area contributed by atoms with Gasteiger partial charge in [-0.15, -0.1) is 0 Å². The van der Waals surface area contributed by atoms with E-state index in [-0.39, 0.29) is 0 Å². The Balaban J connectivity index is 1.81. The van der Waals surface area contributed by atoms with Crippen LogP contribution in [0.25, 0.3) is 0 Å². The predicted molar refractivity (Wildman–Crippen MR) is 56.4 cm³/mol. The number of pyridine rings is 1. The lowest BCUT2D eigenvalue weighted by Crippen LogP contribution is -1.93. The first kappa shape index (κ1) is 10.2. The maximum atomic E-state index is 5.66. The first-order valence-electron chi connectivity index (χ1n) is 4.55. The normalized spacial score (nSPS) is 10.5. The molecule has 0 bridgehead atoms. The molecule has 78 valence electrons. The lowest BCUT2D eigenvalue weighted by molar-refractivity contribution is 0.0927. The number of nitrogens with zero attached hydrogens (tertiary/aromatic N) is 1. The largest absolute Gasteiger partial charge is 0.467 e. The zero-order chi connectivity index (χ0) is 10.5. The summed E-state index contributed by atoms with van der Waals surface area (Å²) in [5.41, 5.74) is 0.992. The second-order valence-corrected chi connectivity index (χ2v) is 3.45. The molecule has 0 aromatic carbocycles. The van der Waals surface area contributed by atoms with Crippen molar-refractivity contribution in [1.29, 1.82) is 0 Å². The highest BCUT2D eigenvalue weighted by Crippen LogP contribution is 2.08. The van der Waals surface area contributed by atoms with Gasteiger partial charge in [0.1, 0.15) is 17.5 Å². The lowest BCUT2D eigenvalue weighted by atomic mass is 10.3. The molecule has 0 atom stereocenters. The fourth-order valence-electron chi connectivity index (χ4n) is 1.16. The maximum absolute atomic E-state index is 5.66. The molecule has 0 aliphatic rings. The van der Waals surface area contributed by atoms with Gasteiger partial charge in [-0.25, -0.2) is 4.98 Å². The van der Waals surface area contributed by atoms with E-state index in [0.29, 0.717) is 18.4 Å². The zero-order valence-electron chi connectivity index (χ0n) is 8.02. The second-order valence-electron chi connectivity index (χ2n) is 3.06. The van der Waals surface area contributed by atoms with E-state index in [4.69, 9.17) is 20.8 Å². The second kappa shape index (κ2) is 4.96. The summed E-state index contributed by atoms with van der Waals surface area (Å²) in [5, 5.41) is 0.491. The van der Waals surface area contributed by atoms with E-state index >= 15 is 0 Å². The Bertz CT molecular complexity index is 397. The molecule has 4 heteroatoms. The minimum absolute atomic E-state index is 0.468. The van der Waals surface area contributed by atoms with Crippen LogP contribution in [0.5, 0.6) is 0 Å². The summed E-state index contributed by atoms with van der Waals surface area (Å²) in [5.74, 6) is 0.817. The number of hydrogen-bond acceptors (Lipinski definition) is 3. The van der Waals surface area contributed by atoms with Gasteiger partial charge in [-0.2, -0.15) is 0 Å². The van der Waals surface area contributed by atoms with Crippen LogP contribution in [0.4, 0.5) is 0 Å². The van der Waals surface area contributed by atoms with Crippen molar-refractivity contribution >= 4 is 11.6 Å². The van der Waals surface area contributed by atoms with Crippen LogP contribution < -0.4 is 0 Å². The lowest BCUT2D eigenvalue weighted by Gasteiger charge is -2.01. The van der Waals surface area contributed by atoms with Gasteiger partial charge in [0, 0.05) is 6.20 Å². The van der Waals surface area contributed by atoms with Crippen LogP contribution in [0.15, 0.2) is 41.1 Å². The average molecular weight is 224 g/mol. The molecule has 0 saturated carbocycles. The van der Waals surface area contributed by atoms with E-state index in [1.54, 1.807) is 18.5 Å². The molecule has 2 rings (SSSR count). The van der Waals surface area contributed by atoms with E-state index < -0.39 is 0 Å². The fourth-order valence-corrected chi connectivity index (χ4v) is 1.27. The van der Waals surface area contributed by atoms with Gasteiger partial charge in [0.2, 0.25) is 0 Å². The summed E-state index contributed by atoms with van der Waals surface area (Å²) in [7, 11) is 0. The number of hydrogen-bond donors (Lipinski definition) is 0. The first-order valence-corrected chi connectivity index (χ1v) is 4.93. The van der Waals surface area contributed by atoms with Crippen molar-refractivity contribution in [2.45, 2.75) is 13.2 Å². The number of aromatic nitrogens is 1. The van der Waals surface area contributed by atoms with Crippen molar-refractivity contribution in [1.82, 2.24) is 4.98 Å². The molecule has 0 aliphatic carbocycles. The Hall–Kier alpha value is -1.32. The van der Waals surface area contributed by atoms with Crippen molar-refractivity contribution in [3.63, 3.8) is 0 Å². The van der Waals surface area contributed by atoms with Crippen LogP contribution in [-0.2, 0) is 18.0 Å². The Labute approximate surface area is 92.6 Å². The number of halogens is 1. The van der Waals surface area contributed by atoms with Crippen molar-refractivity contribution in [2.75, 3.05) is 0 Å². The molecule has 0 saturated heterocycles. The van der Waals surface area contributed by atoms with Crippen molar-refractivity contribution in [2.24, 2.45) is 0 Å². The van der Waals surface area contributed by atoms with Gasteiger partial charge in [0.25, 0.3) is 0 Å². The molecule has 0 aliphatic heterocycles. The van der Waals surface area contributed by atoms with Gasteiger partial charge < -0.3 is 9.15 Å². The quantitative estimate of drug-likeness (QED) is 0.748. The van der Waals surface area contributed by atoms with E-state index in [9.17, 15) is 0 Å². The molecule has 0 radical (unpaired) electrons. The highest BCUT2D eigenvalue weighted by Gasteiger charge is 1.97. The Morgan fingerprint density at radius 1 is 1.27 bits per heavy atom. The Morgan fingerprint density at radius 3 is 2.87 bits per heavy atom. The van der Waals surface area contributed by atoms with Crippen molar-refractivity contribution in [3.05, 3.63) is 53.2 Å². The predicted octanol–water partition coefficient (Wildman–Crippen LogP) is 3.04. The Morgan fingerprint density at radius 2 is 2.20 bits per heavy atom. The summed E-state index contributed by atoms with van der Waals surface area (Å²) < 4.78 is 10.6. The molecular weight excluding hydrogens is 214 g/mol. The summed E-state index contributed by atoms with van der Waals surface area (Å²) in [6.07, 6.45) is 3.33. The fraction of sp³-hybridized carbons (Fsp3) is 0.182. The van der Waals surface area contributed by atoms with Crippen LogP contribution in [0.3, 0.4) is 0 Å². The highest BCUT2D eigenvalue weighted by molar-refractivity contribution is 6.29.